The van der Waals surface area contributed by atoms with Gasteiger partial charge in [-0.05, 0) is 40.8 Å². The second-order valence-electron chi connectivity index (χ2n) is 8.62. The highest BCUT2D eigenvalue weighted by molar-refractivity contribution is 7.91. The first kappa shape index (κ1) is 19.9. The highest BCUT2D eigenvalue weighted by Gasteiger charge is 2.39. The van der Waals surface area contributed by atoms with Crippen LogP contribution in [0.25, 0.3) is 11.3 Å². The smallest absolute Gasteiger partial charge is 0.260 e. The molecule has 31 heavy (non-hydrogen) atoms. The minimum absolute atomic E-state index is 0.0676. The Bertz CT molecular complexity index is 1320. The standard InChI is InChI=1S/C24H25N3O3S/c1-27-9-8-19-18(14-31(2,29)30)11-16-12-25-22-17(10-15-6-4-3-5-7-15)13-26-23(20(16)22)21(19)24(27)28/h3-9,11-12,17,22,25-26H,10,13-14H2,1-2H3. The van der Waals surface area contributed by atoms with Crippen molar-refractivity contribution in [1.29, 1.82) is 0 Å². The topological polar surface area (TPSA) is 80.2 Å². The molecule has 1 aliphatic carbocycles. The summed E-state index contributed by atoms with van der Waals surface area (Å²) in [6.07, 6.45) is 7.73. The van der Waals surface area contributed by atoms with Crippen LogP contribution in [0, 0.1) is 5.92 Å². The summed E-state index contributed by atoms with van der Waals surface area (Å²) >= 11 is 0. The van der Waals surface area contributed by atoms with Gasteiger partial charge in [-0.25, -0.2) is 8.42 Å². The fourth-order valence-electron chi connectivity index (χ4n) is 4.89. The first-order chi connectivity index (χ1) is 14.8. The molecule has 0 fully saturated rings. The average Bonchev–Trinajstić information content (AvgIpc) is 3.09. The SMILES string of the molecule is Cn1ccc2c(c1=O)C1=C3C(=CNC3C(Cc3ccccc3)CN1)C=C2CS(C)(=O)=O. The molecule has 0 radical (unpaired) electrons. The van der Waals surface area contributed by atoms with E-state index in [0.29, 0.717) is 22.6 Å². The molecule has 160 valence electrons. The lowest BCUT2D eigenvalue weighted by Gasteiger charge is -2.34. The van der Waals surface area contributed by atoms with Crippen molar-refractivity contribution >= 4 is 21.1 Å². The largest absolute Gasteiger partial charge is 0.384 e. The van der Waals surface area contributed by atoms with Crippen molar-refractivity contribution in [2.75, 3.05) is 18.6 Å². The van der Waals surface area contributed by atoms with Crippen molar-refractivity contribution in [3.8, 4) is 0 Å². The lowest BCUT2D eigenvalue weighted by Crippen LogP contribution is -2.44. The highest BCUT2D eigenvalue weighted by atomic mass is 32.2. The molecule has 1 aromatic heterocycles. The zero-order valence-electron chi connectivity index (χ0n) is 17.6. The van der Waals surface area contributed by atoms with Gasteiger partial charge in [0.05, 0.1) is 23.1 Å². The molecule has 5 rings (SSSR count). The van der Waals surface area contributed by atoms with Gasteiger partial charge < -0.3 is 15.2 Å². The van der Waals surface area contributed by atoms with E-state index in [0.717, 1.165) is 29.8 Å². The van der Waals surface area contributed by atoms with Crippen LogP contribution in [0.4, 0.5) is 0 Å². The number of allylic oxidation sites excluding steroid dienone is 1. The fourth-order valence-corrected chi connectivity index (χ4v) is 5.70. The van der Waals surface area contributed by atoms with Gasteiger partial charge in [0.2, 0.25) is 0 Å². The number of hydrogen-bond donors (Lipinski definition) is 2. The molecule has 2 N–H and O–H groups in total. The normalized spacial score (nSPS) is 21.9. The summed E-state index contributed by atoms with van der Waals surface area (Å²) in [4.78, 5) is 13.2. The predicted molar refractivity (Wildman–Crippen MR) is 123 cm³/mol. The Morgan fingerprint density at radius 2 is 1.94 bits per heavy atom. The lowest BCUT2D eigenvalue weighted by atomic mass is 9.82. The number of fused-ring (bicyclic) bond motifs is 2. The number of aromatic nitrogens is 1. The molecule has 2 aliphatic heterocycles. The molecule has 0 saturated heterocycles. The molecule has 6 nitrogen and oxygen atoms in total. The lowest BCUT2D eigenvalue weighted by molar-refractivity contribution is 0.409. The van der Waals surface area contributed by atoms with Crippen LogP contribution in [0.3, 0.4) is 0 Å². The van der Waals surface area contributed by atoms with E-state index >= 15 is 0 Å². The van der Waals surface area contributed by atoms with Crippen molar-refractivity contribution in [2.45, 2.75) is 12.5 Å². The third-order valence-electron chi connectivity index (χ3n) is 6.27. The molecular weight excluding hydrogens is 410 g/mol. The van der Waals surface area contributed by atoms with Gasteiger partial charge in [-0.3, -0.25) is 4.79 Å². The minimum Gasteiger partial charge on any atom is -0.384 e. The van der Waals surface area contributed by atoms with Gasteiger partial charge in [0.15, 0.2) is 9.84 Å². The van der Waals surface area contributed by atoms with Crippen LogP contribution in [-0.2, 0) is 23.3 Å². The van der Waals surface area contributed by atoms with Crippen LogP contribution in [0.15, 0.2) is 70.8 Å². The van der Waals surface area contributed by atoms with Crippen LogP contribution < -0.4 is 16.2 Å². The molecular formula is C24H25N3O3S. The number of nitrogens with zero attached hydrogens (tertiary/aromatic N) is 1. The van der Waals surface area contributed by atoms with E-state index in [1.165, 1.54) is 11.8 Å². The van der Waals surface area contributed by atoms with E-state index < -0.39 is 9.84 Å². The molecule has 3 heterocycles. The highest BCUT2D eigenvalue weighted by Crippen LogP contribution is 2.41. The second kappa shape index (κ2) is 7.27. The molecule has 0 saturated carbocycles. The monoisotopic (exact) mass is 435 g/mol. The summed E-state index contributed by atoms with van der Waals surface area (Å²) in [5, 5.41) is 7.06. The summed E-state index contributed by atoms with van der Waals surface area (Å²) < 4.78 is 25.9. The predicted octanol–water partition coefficient (Wildman–Crippen LogP) is 1.86. The first-order valence-electron chi connectivity index (χ1n) is 10.4. The number of hydrogen-bond acceptors (Lipinski definition) is 5. The Hall–Kier alpha value is -3.06. The second-order valence-corrected chi connectivity index (χ2v) is 10.8. The van der Waals surface area contributed by atoms with Crippen molar-refractivity contribution in [1.82, 2.24) is 15.2 Å². The number of rotatable bonds is 4. The van der Waals surface area contributed by atoms with Crippen LogP contribution in [0.2, 0.25) is 0 Å². The number of aryl methyl sites for hydroxylation is 1. The molecule has 1 aromatic carbocycles. The van der Waals surface area contributed by atoms with E-state index in [4.69, 9.17) is 0 Å². The van der Waals surface area contributed by atoms with Crippen LogP contribution >= 0.6 is 0 Å². The van der Waals surface area contributed by atoms with Crippen LogP contribution in [0.1, 0.15) is 16.7 Å². The van der Waals surface area contributed by atoms with Crippen molar-refractivity contribution in [3.05, 3.63) is 93.1 Å². The van der Waals surface area contributed by atoms with Gasteiger partial charge in [-0.1, -0.05) is 30.3 Å². The van der Waals surface area contributed by atoms with Gasteiger partial charge in [-0.15, -0.1) is 0 Å². The Labute approximate surface area is 181 Å². The van der Waals surface area contributed by atoms with Crippen molar-refractivity contribution in [3.63, 3.8) is 0 Å². The molecule has 2 atom stereocenters. The average molecular weight is 436 g/mol. The minimum atomic E-state index is -3.27. The van der Waals surface area contributed by atoms with E-state index in [9.17, 15) is 13.2 Å². The summed E-state index contributed by atoms with van der Waals surface area (Å²) in [5.74, 6) is 0.194. The molecule has 7 heteroatoms. The molecule has 0 spiro atoms. The summed E-state index contributed by atoms with van der Waals surface area (Å²) in [5.41, 5.74) is 5.88. The maximum atomic E-state index is 13.2. The van der Waals surface area contributed by atoms with Gasteiger partial charge >= 0.3 is 0 Å². The number of pyridine rings is 1. The summed E-state index contributed by atoms with van der Waals surface area (Å²) in [6.45, 7) is 0.728. The van der Waals surface area contributed by atoms with Gasteiger partial charge in [0.1, 0.15) is 0 Å². The quantitative estimate of drug-likeness (QED) is 0.766. The van der Waals surface area contributed by atoms with Gasteiger partial charge in [0, 0.05) is 43.7 Å². The number of benzene rings is 1. The number of nitrogens with one attached hydrogen (secondary N) is 2. The third-order valence-corrected chi connectivity index (χ3v) is 7.11. The van der Waals surface area contributed by atoms with E-state index in [1.807, 2.05) is 36.5 Å². The molecule has 0 bridgehead atoms. The van der Waals surface area contributed by atoms with E-state index in [1.54, 1.807) is 17.8 Å². The fraction of sp³-hybridized carbons (Fsp3) is 0.292. The summed E-state index contributed by atoms with van der Waals surface area (Å²) in [6, 6.07) is 12.3. The molecule has 2 aromatic rings. The first-order valence-corrected chi connectivity index (χ1v) is 12.4. The Morgan fingerprint density at radius 3 is 2.68 bits per heavy atom. The Morgan fingerprint density at radius 1 is 1.16 bits per heavy atom. The maximum Gasteiger partial charge on any atom is 0.260 e. The van der Waals surface area contributed by atoms with E-state index in [-0.39, 0.29) is 17.4 Å². The molecule has 0 amide bonds. The summed E-state index contributed by atoms with van der Waals surface area (Å²) in [7, 11) is -1.55. The molecule has 2 unspecified atom stereocenters. The van der Waals surface area contributed by atoms with Gasteiger partial charge in [-0.2, -0.15) is 0 Å². The van der Waals surface area contributed by atoms with E-state index in [2.05, 4.69) is 22.8 Å². The van der Waals surface area contributed by atoms with Crippen molar-refractivity contribution in [2.24, 2.45) is 13.0 Å². The maximum absolute atomic E-state index is 13.2. The van der Waals surface area contributed by atoms with Crippen LogP contribution in [0.5, 0.6) is 0 Å². The van der Waals surface area contributed by atoms with Gasteiger partial charge in [0.25, 0.3) is 5.56 Å². The Balaban J connectivity index is 1.65. The van der Waals surface area contributed by atoms with Crippen molar-refractivity contribution < 1.29 is 8.42 Å². The number of sulfone groups is 1. The third kappa shape index (κ3) is 3.53. The zero-order valence-corrected chi connectivity index (χ0v) is 18.4. The van der Waals surface area contributed by atoms with Crippen LogP contribution in [-0.4, -0.2) is 37.6 Å². The molecule has 3 aliphatic rings. The zero-order chi connectivity index (χ0) is 21.8. The Kier molecular flexibility index (Phi) is 4.66.